The Bertz CT molecular complexity index is 482. The number of carbonyl (C=O) groups excluding carboxylic acids is 1. The standard InChI is InChI=1S/C16H21NOS/c1-2-3-4-5-6-7-9-12-10-8-11-13-14(12)15(18)17-16(13)19/h8,10-11H,2-7,9H2,1H3,(H,17,18,19). The van der Waals surface area contributed by atoms with Crippen LogP contribution in [0.15, 0.2) is 18.2 Å². The lowest BCUT2D eigenvalue weighted by atomic mass is 9.98. The normalized spacial score (nSPS) is 13.5. The molecular formula is C16H21NOS. The molecule has 1 heterocycles. The molecule has 0 spiro atoms. The SMILES string of the molecule is CCCCCCCCc1cccc2c1C(=O)NC2=S. The Morgan fingerprint density at radius 2 is 1.84 bits per heavy atom. The Morgan fingerprint density at radius 1 is 1.11 bits per heavy atom. The van der Waals surface area contributed by atoms with Crippen molar-refractivity contribution in [3.8, 4) is 0 Å². The van der Waals surface area contributed by atoms with Gasteiger partial charge in [0.25, 0.3) is 5.91 Å². The fourth-order valence-corrected chi connectivity index (χ4v) is 2.86. The number of hydrogen-bond acceptors (Lipinski definition) is 2. The number of unbranched alkanes of at least 4 members (excludes halogenated alkanes) is 5. The van der Waals surface area contributed by atoms with Gasteiger partial charge in [0, 0.05) is 5.56 Å². The van der Waals surface area contributed by atoms with Crippen LogP contribution in [0, 0.1) is 0 Å². The van der Waals surface area contributed by atoms with Crippen molar-refractivity contribution in [2.24, 2.45) is 0 Å². The van der Waals surface area contributed by atoms with Crippen molar-refractivity contribution in [1.29, 1.82) is 0 Å². The van der Waals surface area contributed by atoms with Crippen LogP contribution in [0.1, 0.15) is 66.9 Å². The molecule has 0 aliphatic carbocycles. The minimum Gasteiger partial charge on any atom is -0.312 e. The number of aryl methyl sites for hydroxylation is 1. The molecular weight excluding hydrogens is 254 g/mol. The zero-order chi connectivity index (χ0) is 13.7. The van der Waals surface area contributed by atoms with Gasteiger partial charge in [-0.25, -0.2) is 0 Å². The summed E-state index contributed by atoms with van der Waals surface area (Å²) in [6.07, 6.45) is 8.62. The fraction of sp³-hybridized carbons (Fsp3) is 0.500. The van der Waals surface area contributed by atoms with Crippen LogP contribution in [-0.4, -0.2) is 10.9 Å². The summed E-state index contributed by atoms with van der Waals surface area (Å²) < 4.78 is 0. The van der Waals surface area contributed by atoms with E-state index in [0.29, 0.717) is 4.99 Å². The van der Waals surface area contributed by atoms with Gasteiger partial charge in [0.2, 0.25) is 0 Å². The highest BCUT2D eigenvalue weighted by Gasteiger charge is 2.25. The number of amides is 1. The van der Waals surface area contributed by atoms with Crippen molar-refractivity contribution in [3.05, 3.63) is 34.9 Å². The second kappa shape index (κ2) is 6.80. The third kappa shape index (κ3) is 3.41. The lowest BCUT2D eigenvalue weighted by Crippen LogP contribution is -2.19. The van der Waals surface area contributed by atoms with E-state index in [2.05, 4.69) is 18.3 Å². The summed E-state index contributed by atoms with van der Waals surface area (Å²) >= 11 is 5.16. The van der Waals surface area contributed by atoms with E-state index < -0.39 is 0 Å². The van der Waals surface area contributed by atoms with Crippen LogP contribution in [0.5, 0.6) is 0 Å². The lowest BCUT2D eigenvalue weighted by molar-refractivity contribution is 0.0983. The quantitative estimate of drug-likeness (QED) is 0.602. The van der Waals surface area contributed by atoms with Gasteiger partial charge < -0.3 is 5.32 Å². The molecule has 1 aliphatic heterocycles. The third-order valence-electron chi connectivity index (χ3n) is 3.65. The monoisotopic (exact) mass is 275 g/mol. The summed E-state index contributed by atoms with van der Waals surface area (Å²) in [6, 6.07) is 5.98. The maximum Gasteiger partial charge on any atom is 0.257 e. The molecule has 0 radical (unpaired) electrons. The van der Waals surface area contributed by atoms with E-state index in [-0.39, 0.29) is 5.91 Å². The van der Waals surface area contributed by atoms with Crippen molar-refractivity contribution in [2.45, 2.75) is 51.9 Å². The maximum atomic E-state index is 11.9. The molecule has 0 aromatic heterocycles. The first-order valence-electron chi connectivity index (χ1n) is 7.21. The van der Waals surface area contributed by atoms with Gasteiger partial charge in [0.1, 0.15) is 4.99 Å². The van der Waals surface area contributed by atoms with Crippen LogP contribution < -0.4 is 5.32 Å². The number of rotatable bonds is 7. The van der Waals surface area contributed by atoms with E-state index in [9.17, 15) is 4.79 Å². The minimum atomic E-state index is -0.0263. The van der Waals surface area contributed by atoms with E-state index in [4.69, 9.17) is 12.2 Å². The Hall–Kier alpha value is -1.22. The van der Waals surface area contributed by atoms with Crippen LogP contribution >= 0.6 is 12.2 Å². The molecule has 3 heteroatoms. The van der Waals surface area contributed by atoms with Gasteiger partial charge in [-0.1, -0.05) is 69.4 Å². The molecule has 1 aliphatic rings. The second-order valence-corrected chi connectivity index (χ2v) is 5.55. The summed E-state index contributed by atoms with van der Waals surface area (Å²) in [5.74, 6) is -0.0263. The van der Waals surface area contributed by atoms with Crippen molar-refractivity contribution in [3.63, 3.8) is 0 Å². The first-order valence-corrected chi connectivity index (χ1v) is 7.62. The fourth-order valence-electron chi connectivity index (χ4n) is 2.59. The molecule has 1 aromatic carbocycles. The first kappa shape index (κ1) is 14.2. The summed E-state index contributed by atoms with van der Waals surface area (Å²) in [5, 5.41) is 2.73. The van der Waals surface area contributed by atoms with Crippen LogP contribution in [0.4, 0.5) is 0 Å². The summed E-state index contributed by atoms with van der Waals surface area (Å²) in [5.41, 5.74) is 2.86. The van der Waals surface area contributed by atoms with E-state index in [1.54, 1.807) is 0 Å². The van der Waals surface area contributed by atoms with Crippen molar-refractivity contribution in [2.75, 3.05) is 0 Å². The summed E-state index contributed by atoms with van der Waals surface area (Å²) in [4.78, 5) is 12.4. The number of hydrogen-bond donors (Lipinski definition) is 1. The number of thiocarbonyl (C=S) groups is 1. The molecule has 0 saturated heterocycles. The molecule has 2 nitrogen and oxygen atoms in total. The lowest BCUT2D eigenvalue weighted by Gasteiger charge is -2.06. The largest absolute Gasteiger partial charge is 0.312 e. The smallest absolute Gasteiger partial charge is 0.257 e. The third-order valence-corrected chi connectivity index (χ3v) is 3.97. The highest BCUT2D eigenvalue weighted by atomic mass is 32.1. The van der Waals surface area contributed by atoms with Gasteiger partial charge in [-0.2, -0.15) is 0 Å². The Kier molecular flexibility index (Phi) is 5.08. The Morgan fingerprint density at radius 3 is 2.63 bits per heavy atom. The maximum absolute atomic E-state index is 11.9. The van der Waals surface area contributed by atoms with Gasteiger partial charge >= 0.3 is 0 Å². The van der Waals surface area contributed by atoms with Gasteiger partial charge in [-0.05, 0) is 18.4 Å². The van der Waals surface area contributed by atoms with E-state index in [0.717, 1.165) is 29.5 Å². The molecule has 1 N–H and O–H groups in total. The molecule has 0 fully saturated rings. The molecule has 0 atom stereocenters. The number of benzene rings is 1. The molecule has 1 aromatic rings. The van der Waals surface area contributed by atoms with E-state index in [1.165, 1.54) is 32.1 Å². The highest BCUT2D eigenvalue weighted by Crippen LogP contribution is 2.22. The van der Waals surface area contributed by atoms with Crippen LogP contribution in [0.3, 0.4) is 0 Å². The predicted molar refractivity (Wildman–Crippen MR) is 82.7 cm³/mol. The highest BCUT2D eigenvalue weighted by molar-refractivity contribution is 7.80. The zero-order valence-corrected chi connectivity index (χ0v) is 12.3. The van der Waals surface area contributed by atoms with Crippen LogP contribution in [0.25, 0.3) is 0 Å². The second-order valence-electron chi connectivity index (χ2n) is 5.14. The van der Waals surface area contributed by atoms with Gasteiger partial charge in [0.15, 0.2) is 0 Å². The molecule has 2 rings (SSSR count). The van der Waals surface area contributed by atoms with E-state index >= 15 is 0 Å². The number of fused-ring (bicyclic) bond motifs is 1. The van der Waals surface area contributed by atoms with Gasteiger partial charge in [0.05, 0.1) is 5.56 Å². The Balaban J connectivity index is 1.92. The summed E-state index contributed by atoms with van der Waals surface area (Å²) in [7, 11) is 0. The topological polar surface area (TPSA) is 29.1 Å². The van der Waals surface area contributed by atoms with E-state index in [1.807, 2.05) is 12.1 Å². The van der Waals surface area contributed by atoms with Crippen LogP contribution in [-0.2, 0) is 6.42 Å². The molecule has 0 bridgehead atoms. The minimum absolute atomic E-state index is 0.0263. The predicted octanol–water partition coefficient (Wildman–Crippen LogP) is 4.01. The molecule has 0 saturated carbocycles. The van der Waals surface area contributed by atoms with Crippen molar-refractivity contribution in [1.82, 2.24) is 5.32 Å². The first-order chi connectivity index (χ1) is 9.24. The van der Waals surface area contributed by atoms with Crippen molar-refractivity contribution >= 4 is 23.1 Å². The Labute approximate surface area is 120 Å². The zero-order valence-electron chi connectivity index (χ0n) is 11.5. The van der Waals surface area contributed by atoms with Crippen LogP contribution in [0.2, 0.25) is 0 Å². The van der Waals surface area contributed by atoms with Gasteiger partial charge in [-0.15, -0.1) is 0 Å². The van der Waals surface area contributed by atoms with Gasteiger partial charge in [-0.3, -0.25) is 4.79 Å². The number of carbonyl (C=O) groups is 1. The average molecular weight is 275 g/mol. The number of nitrogens with one attached hydrogen (secondary N) is 1. The molecule has 1 amide bonds. The molecule has 102 valence electrons. The molecule has 0 unspecified atom stereocenters. The molecule has 19 heavy (non-hydrogen) atoms. The van der Waals surface area contributed by atoms with Crippen molar-refractivity contribution < 1.29 is 4.79 Å². The summed E-state index contributed by atoms with van der Waals surface area (Å²) in [6.45, 7) is 2.23. The average Bonchev–Trinajstić information content (AvgIpc) is 2.70.